The molecule has 2 aromatic rings. The van der Waals surface area contributed by atoms with Gasteiger partial charge in [0.2, 0.25) is 10.0 Å². The van der Waals surface area contributed by atoms with E-state index < -0.39 is 21.9 Å². The number of hydrogen-bond donors (Lipinski definition) is 2. The van der Waals surface area contributed by atoms with Crippen molar-refractivity contribution in [3.63, 3.8) is 0 Å². The molecule has 0 bridgehead atoms. The molecule has 0 atom stereocenters. The fraction of sp³-hybridized carbons (Fsp3) is 0.312. The summed E-state index contributed by atoms with van der Waals surface area (Å²) in [7, 11) is -3.82. The fourth-order valence-corrected chi connectivity index (χ4v) is 3.17. The van der Waals surface area contributed by atoms with Gasteiger partial charge in [0.1, 0.15) is 0 Å². The van der Waals surface area contributed by atoms with Crippen molar-refractivity contribution in [2.24, 2.45) is 5.14 Å². The van der Waals surface area contributed by atoms with E-state index in [0.29, 0.717) is 6.61 Å². The topological polar surface area (TPSA) is 128 Å². The molecule has 1 heterocycles. The van der Waals surface area contributed by atoms with Gasteiger partial charge in [-0.05, 0) is 30.7 Å². The Morgan fingerprint density at radius 3 is 2.54 bits per heavy atom. The smallest absolute Gasteiger partial charge is 0.357 e. The molecule has 0 fully saturated rings. The lowest BCUT2D eigenvalue weighted by Gasteiger charge is -2.03. The van der Waals surface area contributed by atoms with Crippen molar-refractivity contribution in [1.82, 2.24) is 4.98 Å². The Balaban J connectivity index is 1.95. The summed E-state index contributed by atoms with van der Waals surface area (Å²) >= 11 is 1.09. The van der Waals surface area contributed by atoms with Gasteiger partial charge < -0.3 is 4.74 Å². The molecule has 8 nitrogen and oxygen atoms in total. The van der Waals surface area contributed by atoms with Gasteiger partial charge in [-0.2, -0.15) is 0 Å². The van der Waals surface area contributed by atoms with Crippen molar-refractivity contribution in [1.29, 1.82) is 0 Å². The molecular weight excluding hydrogens is 378 g/mol. The van der Waals surface area contributed by atoms with Crippen LogP contribution in [-0.2, 0) is 14.8 Å². The second-order valence-corrected chi connectivity index (χ2v) is 7.82. The van der Waals surface area contributed by atoms with Crippen molar-refractivity contribution < 1.29 is 22.7 Å². The van der Waals surface area contributed by atoms with Gasteiger partial charge >= 0.3 is 5.97 Å². The lowest BCUT2D eigenvalue weighted by molar-refractivity contribution is 0.0492. The molecule has 0 unspecified atom stereocenters. The number of nitrogens with one attached hydrogen (secondary N) is 1. The highest BCUT2D eigenvalue weighted by atomic mass is 32.2. The van der Waals surface area contributed by atoms with Gasteiger partial charge in [0.05, 0.1) is 11.5 Å². The number of esters is 1. The zero-order valence-corrected chi connectivity index (χ0v) is 15.7. The van der Waals surface area contributed by atoms with Crippen LogP contribution in [0.4, 0.5) is 5.13 Å². The Kier molecular flexibility index (Phi) is 6.83. The van der Waals surface area contributed by atoms with E-state index in [9.17, 15) is 18.0 Å². The molecule has 0 spiro atoms. The number of benzene rings is 1. The maximum atomic E-state index is 12.2. The molecule has 1 aromatic carbocycles. The van der Waals surface area contributed by atoms with Crippen molar-refractivity contribution in [2.45, 2.75) is 31.1 Å². The van der Waals surface area contributed by atoms with E-state index in [1.165, 1.54) is 29.6 Å². The third kappa shape index (κ3) is 5.61. The van der Waals surface area contributed by atoms with Gasteiger partial charge in [-0.1, -0.05) is 19.8 Å². The third-order valence-corrected chi connectivity index (χ3v) is 5.05. The first kappa shape index (κ1) is 20.0. The molecule has 0 radical (unpaired) electrons. The Morgan fingerprint density at radius 2 is 1.92 bits per heavy atom. The number of carbonyl (C=O) groups is 2. The predicted molar refractivity (Wildman–Crippen MR) is 97.7 cm³/mol. The van der Waals surface area contributed by atoms with Crippen molar-refractivity contribution >= 4 is 38.4 Å². The summed E-state index contributed by atoms with van der Waals surface area (Å²) in [5.41, 5.74) is 0.364. The summed E-state index contributed by atoms with van der Waals surface area (Å²) in [5, 5.41) is 9.30. The molecule has 0 saturated carbocycles. The molecule has 2 rings (SSSR count). The van der Waals surface area contributed by atoms with E-state index in [1.54, 1.807) is 0 Å². The molecule has 0 aliphatic rings. The maximum Gasteiger partial charge on any atom is 0.357 e. The predicted octanol–water partition coefficient (Wildman–Crippen LogP) is 2.39. The van der Waals surface area contributed by atoms with Crippen molar-refractivity contribution in [3.05, 3.63) is 40.9 Å². The number of carbonyl (C=O) groups excluding carboxylic acids is 2. The minimum Gasteiger partial charge on any atom is -0.461 e. The number of sulfonamides is 1. The summed E-state index contributed by atoms with van der Waals surface area (Å²) < 4.78 is 27.5. The highest BCUT2D eigenvalue weighted by Crippen LogP contribution is 2.18. The molecule has 1 amide bonds. The SMILES string of the molecule is CCCCCOC(=O)c1csc(NC(=O)c2ccc(S(N)(=O)=O)cc2)n1. The third-order valence-electron chi connectivity index (χ3n) is 3.36. The second-order valence-electron chi connectivity index (χ2n) is 5.40. The van der Waals surface area contributed by atoms with E-state index in [1.807, 2.05) is 0 Å². The average molecular weight is 397 g/mol. The van der Waals surface area contributed by atoms with Crippen LogP contribution in [0, 0.1) is 0 Å². The standard InChI is InChI=1S/C16H19N3O5S2/c1-2-3-4-9-24-15(21)13-10-25-16(18-13)19-14(20)11-5-7-12(8-6-11)26(17,22)23/h5-8,10H,2-4,9H2,1H3,(H2,17,22,23)(H,18,19,20). The largest absolute Gasteiger partial charge is 0.461 e. The first-order valence-electron chi connectivity index (χ1n) is 7.88. The van der Waals surface area contributed by atoms with Gasteiger partial charge in [-0.15, -0.1) is 11.3 Å². The number of aromatic nitrogens is 1. The van der Waals surface area contributed by atoms with E-state index in [-0.39, 0.29) is 21.3 Å². The first-order valence-corrected chi connectivity index (χ1v) is 10.3. The number of nitrogens with zero attached hydrogens (tertiary/aromatic N) is 1. The number of rotatable bonds is 8. The monoisotopic (exact) mass is 397 g/mol. The molecular formula is C16H19N3O5S2. The van der Waals surface area contributed by atoms with Crippen molar-refractivity contribution in [2.75, 3.05) is 11.9 Å². The van der Waals surface area contributed by atoms with E-state index in [2.05, 4.69) is 17.2 Å². The van der Waals surface area contributed by atoms with Crippen LogP contribution in [0.25, 0.3) is 0 Å². The number of ether oxygens (including phenoxy) is 1. The van der Waals surface area contributed by atoms with Gasteiger partial charge in [0.15, 0.2) is 10.8 Å². The molecule has 26 heavy (non-hydrogen) atoms. The van der Waals surface area contributed by atoms with Gasteiger partial charge in [-0.25, -0.2) is 23.3 Å². The quantitative estimate of drug-likeness (QED) is 0.520. The summed E-state index contributed by atoms with van der Waals surface area (Å²) in [6.45, 7) is 2.39. The average Bonchev–Trinajstić information content (AvgIpc) is 3.06. The normalized spacial score (nSPS) is 11.2. The zero-order valence-electron chi connectivity index (χ0n) is 14.1. The Labute approximate surface area is 155 Å². The number of thiazole rings is 1. The van der Waals surface area contributed by atoms with Crippen LogP contribution in [0.3, 0.4) is 0 Å². The molecule has 140 valence electrons. The lowest BCUT2D eigenvalue weighted by Crippen LogP contribution is -2.14. The highest BCUT2D eigenvalue weighted by molar-refractivity contribution is 7.89. The molecule has 0 aliphatic carbocycles. The maximum absolute atomic E-state index is 12.2. The number of hydrogen-bond acceptors (Lipinski definition) is 7. The van der Waals surface area contributed by atoms with Crippen LogP contribution in [-0.4, -0.2) is 31.9 Å². The minimum atomic E-state index is -3.82. The lowest BCUT2D eigenvalue weighted by atomic mass is 10.2. The van der Waals surface area contributed by atoms with Crippen LogP contribution in [0.2, 0.25) is 0 Å². The number of nitrogens with two attached hydrogens (primary N) is 1. The van der Waals surface area contributed by atoms with Gasteiger partial charge in [-0.3, -0.25) is 10.1 Å². The Morgan fingerprint density at radius 1 is 1.23 bits per heavy atom. The van der Waals surface area contributed by atoms with Crippen LogP contribution < -0.4 is 10.5 Å². The van der Waals surface area contributed by atoms with E-state index >= 15 is 0 Å². The Hall–Kier alpha value is -2.30. The van der Waals surface area contributed by atoms with Crippen molar-refractivity contribution in [3.8, 4) is 0 Å². The molecule has 3 N–H and O–H groups in total. The first-order chi connectivity index (χ1) is 12.3. The molecule has 10 heteroatoms. The summed E-state index contributed by atoms with van der Waals surface area (Å²) in [5.74, 6) is -1.02. The van der Waals surface area contributed by atoms with E-state index in [4.69, 9.17) is 9.88 Å². The van der Waals surface area contributed by atoms with Crippen LogP contribution >= 0.6 is 11.3 Å². The minimum absolute atomic E-state index is 0.0867. The van der Waals surface area contributed by atoms with Gasteiger partial charge in [0.25, 0.3) is 5.91 Å². The number of primary sulfonamides is 1. The zero-order chi connectivity index (χ0) is 19.2. The summed E-state index contributed by atoms with van der Waals surface area (Å²) in [4.78, 5) is 27.9. The van der Waals surface area contributed by atoms with Crippen LogP contribution in [0.5, 0.6) is 0 Å². The molecule has 1 aromatic heterocycles. The number of anilines is 1. The fourth-order valence-electron chi connectivity index (χ4n) is 1.98. The summed E-state index contributed by atoms with van der Waals surface area (Å²) in [6.07, 6.45) is 2.81. The van der Waals surface area contributed by atoms with Crippen LogP contribution in [0.15, 0.2) is 34.5 Å². The molecule has 0 saturated heterocycles. The molecule has 0 aliphatic heterocycles. The summed E-state index contributed by atoms with van der Waals surface area (Å²) in [6, 6.07) is 5.16. The number of unbranched alkanes of at least 4 members (excludes halogenated alkanes) is 2. The van der Waals surface area contributed by atoms with E-state index in [0.717, 1.165) is 30.6 Å². The van der Waals surface area contributed by atoms with Gasteiger partial charge in [0, 0.05) is 10.9 Å². The Bertz CT molecular complexity index is 876. The van der Waals surface area contributed by atoms with Crippen LogP contribution in [0.1, 0.15) is 47.0 Å². The number of amides is 1. The second kappa shape index (κ2) is 8.88. The highest BCUT2D eigenvalue weighted by Gasteiger charge is 2.15.